The summed E-state index contributed by atoms with van der Waals surface area (Å²) in [6, 6.07) is 12.4. The Morgan fingerprint density at radius 3 is 2.53 bits per heavy atom. The first-order valence-corrected chi connectivity index (χ1v) is 5.40. The highest BCUT2D eigenvalue weighted by molar-refractivity contribution is 5.90. The van der Waals surface area contributed by atoms with Crippen molar-refractivity contribution in [2.45, 2.75) is 6.92 Å². The third-order valence-corrected chi connectivity index (χ3v) is 2.51. The van der Waals surface area contributed by atoms with Crippen molar-refractivity contribution in [1.82, 2.24) is 0 Å². The predicted molar refractivity (Wildman–Crippen MR) is 68.4 cm³/mol. The molecule has 0 aliphatic rings. The molecule has 1 heterocycles. The highest BCUT2D eigenvalue weighted by Gasteiger charge is 2.10. The Kier molecular flexibility index (Phi) is 3.19. The van der Waals surface area contributed by atoms with Crippen molar-refractivity contribution in [2.24, 2.45) is 0 Å². The van der Waals surface area contributed by atoms with Gasteiger partial charge in [0.25, 0.3) is 0 Å². The standard InChI is InChI=1S/C14H8N4O/c1-9-5-10-3-2-4-12(14(10)19-9)18-13(8-17)11(6-15)7-16/h2-5,18H,1H3. The van der Waals surface area contributed by atoms with Crippen LogP contribution in [-0.4, -0.2) is 0 Å². The molecule has 1 N–H and O–H groups in total. The predicted octanol–water partition coefficient (Wildman–Crippen LogP) is 2.98. The summed E-state index contributed by atoms with van der Waals surface area (Å²) in [5, 5.41) is 30.2. The van der Waals surface area contributed by atoms with Crippen molar-refractivity contribution < 1.29 is 4.42 Å². The fraction of sp³-hybridized carbons (Fsp3) is 0.0714. The van der Waals surface area contributed by atoms with Gasteiger partial charge in [-0.15, -0.1) is 0 Å². The van der Waals surface area contributed by atoms with Crippen LogP contribution in [0.3, 0.4) is 0 Å². The van der Waals surface area contributed by atoms with Crippen molar-refractivity contribution in [1.29, 1.82) is 15.8 Å². The number of hydrogen-bond donors (Lipinski definition) is 1. The Balaban J connectivity index is 2.54. The average molecular weight is 248 g/mol. The molecule has 1 aromatic carbocycles. The molecule has 0 saturated heterocycles. The normalized spacial score (nSPS) is 9.16. The molecule has 0 unspecified atom stereocenters. The summed E-state index contributed by atoms with van der Waals surface area (Å²) in [6.07, 6.45) is 0. The van der Waals surface area contributed by atoms with Crippen LogP contribution in [0, 0.1) is 40.9 Å². The number of allylic oxidation sites excluding steroid dienone is 2. The number of nitrogens with zero attached hydrogens (tertiary/aromatic N) is 3. The van der Waals surface area contributed by atoms with Gasteiger partial charge in [-0.2, -0.15) is 15.8 Å². The van der Waals surface area contributed by atoms with Crippen LogP contribution >= 0.6 is 0 Å². The summed E-state index contributed by atoms with van der Waals surface area (Å²) < 4.78 is 5.53. The van der Waals surface area contributed by atoms with E-state index in [0.29, 0.717) is 11.3 Å². The van der Waals surface area contributed by atoms with E-state index in [1.54, 1.807) is 30.3 Å². The molecule has 0 fully saturated rings. The van der Waals surface area contributed by atoms with Crippen LogP contribution in [0.2, 0.25) is 0 Å². The van der Waals surface area contributed by atoms with Gasteiger partial charge in [0.2, 0.25) is 0 Å². The second kappa shape index (κ2) is 4.96. The zero-order valence-electron chi connectivity index (χ0n) is 10.1. The molecule has 5 nitrogen and oxygen atoms in total. The molecule has 90 valence electrons. The van der Waals surface area contributed by atoms with Gasteiger partial charge in [-0.3, -0.25) is 0 Å². The minimum Gasteiger partial charge on any atom is -0.459 e. The summed E-state index contributed by atoms with van der Waals surface area (Å²) >= 11 is 0. The SMILES string of the molecule is Cc1cc2cccc(NC(C#N)=C(C#N)C#N)c2o1. The number of anilines is 1. The van der Waals surface area contributed by atoms with E-state index in [1.165, 1.54) is 0 Å². The molecule has 0 atom stereocenters. The number of nitriles is 3. The summed E-state index contributed by atoms with van der Waals surface area (Å²) in [7, 11) is 0. The number of furan rings is 1. The van der Waals surface area contributed by atoms with Crippen molar-refractivity contribution in [3.63, 3.8) is 0 Å². The number of rotatable bonds is 2. The summed E-state index contributed by atoms with van der Waals surface area (Å²) in [5.41, 5.74) is 0.780. The van der Waals surface area contributed by atoms with Gasteiger partial charge in [0.1, 0.15) is 29.7 Å². The van der Waals surface area contributed by atoms with Crippen molar-refractivity contribution in [3.05, 3.63) is 41.3 Å². The Bertz CT molecular complexity index is 777. The van der Waals surface area contributed by atoms with E-state index >= 15 is 0 Å². The smallest absolute Gasteiger partial charge is 0.163 e. The van der Waals surface area contributed by atoms with E-state index < -0.39 is 0 Å². The van der Waals surface area contributed by atoms with Crippen LogP contribution in [0.5, 0.6) is 0 Å². The maximum absolute atomic E-state index is 8.99. The molecule has 19 heavy (non-hydrogen) atoms. The molecule has 0 amide bonds. The lowest BCUT2D eigenvalue weighted by atomic mass is 10.2. The van der Waals surface area contributed by atoms with Gasteiger partial charge in [0.05, 0.1) is 5.69 Å². The molecule has 2 rings (SSSR count). The monoisotopic (exact) mass is 248 g/mol. The molecule has 0 aliphatic carbocycles. The van der Waals surface area contributed by atoms with E-state index in [9.17, 15) is 0 Å². The van der Waals surface area contributed by atoms with Crippen molar-refractivity contribution in [2.75, 3.05) is 5.32 Å². The number of hydrogen-bond acceptors (Lipinski definition) is 5. The number of para-hydroxylation sites is 1. The lowest BCUT2D eigenvalue weighted by molar-refractivity contribution is 0.579. The van der Waals surface area contributed by atoms with Crippen LogP contribution in [0.15, 0.2) is 40.0 Å². The zero-order chi connectivity index (χ0) is 13.8. The maximum Gasteiger partial charge on any atom is 0.163 e. The van der Waals surface area contributed by atoms with Crippen molar-refractivity contribution >= 4 is 16.7 Å². The fourth-order valence-electron chi connectivity index (χ4n) is 1.71. The summed E-state index contributed by atoms with van der Waals surface area (Å²) in [5.74, 6) is 0.743. The van der Waals surface area contributed by atoms with Crippen molar-refractivity contribution in [3.8, 4) is 18.2 Å². The van der Waals surface area contributed by atoms with Gasteiger partial charge in [-0.1, -0.05) is 12.1 Å². The second-order valence-electron chi connectivity index (χ2n) is 3.79. The van der Waals surface area contributed by atoms with Gasteiger partial charge in [-0.05, 0) is 19.1 Å². The lowest BCUT2D eigenvalue weighted by Crippen LogP contribution is -2.00. The number of nitrogens with one attached hydrogen (secondary N) is 1. The molecular formula is C14H8N4O. The van der Waals surface area contributed by atoms with E-state index in [0.717, 1.165) is 11.1 Å². The summed E-state index contributed by atoms with van der Waals surface area (Å²) in [4.78, 5) is 0. The van der Waals surface area contributed by atoms with E-state index in [1.807, 2.05) is 19.1 Å². The molecule has 0 bridgehead atoms. The quantitative estimate of drug-likeness (QED) is 0.824. The third-order valence-electron chi connectivity index (χ3n) is 2.51. The third kappa shape index (κ3) is 2.24. The molecule has 0 radical (unpaired) electrons. The second-order valence-corrected chi connectivity index (χ2v) is 3.79. The average Bonchev–Trinajstić information content (AvgIpc) is 2.80. The van der Waals surface area contributed by atoms with E-state index in [-0.39, 0.29) is 11.3 Å². The highest BCUT2D eigenvalue weighted by Crippen LogP contribution is 2.27. The molecular weight excluding hydrogens is 240 g/mol. The fourth-order valence-corrected chi connectivity index (χ4v) is 1.71. The van der Waals surface area contributed by atoms with Crippen LogP contribution in [0.25, 0.3) is 11.0 Å². The minimum atomic E-state index is -0.261. The van der Waals surface area contributed by atoms with Gasteiger partial charge < -0.3 is 9.73 Å². The first-order chi connectivity index (χ1) is 9.19. The minimum absolute atomic E-state index is 0.0912. The van der Waals surface area contributed by atoms with Gasteiger partial charge >= 0.3 is 0 Å². The first-order valence-electron chi connectivity index (χ1n) is 5.40. The number of aryl methyl sites for hydroxylation is 1. The largest absolute Gasteiger partial charge is 0.459 e. The van der Waals surface area contributed by atoms with E-state index in [2.05, 4.69) is 5.32 Å². The van der Waals surface area contributed by atoms with Crippen LogP contribution < -0.4 is 5.32 Å². The molecule has 0 saturated carbocycles. The summed E-state index contributed by atoms with van der Waals surface area (Å²) in [6.45, 7) is 1.82. The molecule has 1 aromatic heterocycles. The van der Waals surface area contributed by atoms with Gasteiger partial charge in [-0.25, -0.2) is 0 Å². The van der Waals surface area contributed by atoms with Crippen LogP contribution in [-0.2, 0) is 0 Å². The zero-order valence-corrected chi connectivity index (χ0v) is 10.1. The van der Waals surface area contributed by atoms with E-state index in [4.69, 9.17) is 20.2 Å². The Labute approximate surface area is 109 Å². The van der Waals surface area contributed by atoms with Gasteiger partial charge in [0.15, 0.2) is 11.2 Å². The topological polar surface area (TPSA) is 96.5 Å². The number of benzene rings is 1. The first kappa shape index (κ1) is 12.2. The molecule has 0 spiro atoms. The molecule has 2 aromatic rings. The Morgan fingerprint density at radius 1 is 1.16 bits per heavy atom. The van der Waals surface area contributed by atoms with Crippen LogP contribution in [0.4, 0.5) is 5.69 Å². The molecule has 5 heteroatoms. The Hall–Kier alpha value is -3.23. The lowest BCUT2D eigenvalue weighted by Gasteiger charge is -2.04. The maximum atomic E-state index is 8.99. The Morgan fingerprint density at radius 2 is 1.89 bits per heavy atom. The molecule has 0 aliphatic heterocycles. The highest BCUT2D eigenvalue weighted by atomic mass is 16.3. The van der Waals surface area contributed by atoms with Crippen LogP contribution in [0.1, 0.15) is 5.76 Å². The number of fused-ring (bicyclic) bond motifs is 1. The van der Waals surface area contributed by atoms with Gasteiger partial charge in [0, 0.05) is 5.39 Å².